The van der Waals surface area contributed by atoms with Crippen molar-refractivity contribution < 1.29 is 0 Å². The van der Waals surface area contributed by atoms with Gasteiger partial charge in [-0.05, 0) is 54.1 Å². The van der Waals surface area contributed by atoms with Crippen LogP contribution in [-0.2, 0) is 25.9 Å². The first-order valence-corrected chi connectivity index (χ1v) is 8.05. The van der Waals surface area contributed by atoms with Gasteiger partial charge in [0.2, 0.25) is 0 Å². The molecule has 21 heavy (non-hydrogen) atoms. The molecule has 0 atom stereocenters. The summed E-state index contributed by atoms with van der Waals surface area (Å²) < 4.78 is 0. The Bertz CT molecular complexity index is 648. The molecular weight excluding hydrogens is 256 g/mol. The van der Waals surface area contributed by atoms with Crippen molar-refractivity contribution in [3.8, 4) is 0 Å². The molecule has 0 fully saturated rings. The van der Waals surface area contributed by atoms with E-state index in [1.54, 1.807) is 0 Å². The zero-order valence-corrected chi connectivity index (χ0v) is 12.4. The van der Waals surface area contributed by atoms with Gasteiger partial charge < -0.3 is 10.2 Å². The van der Waals surface area contributed by atoms with Crippen LogP contribution in [0.15, 0.2) is 42.5 Å². The van der Waals surface area contributed by atoms with Crippen LogP contribution in [0.2, 0.25) is 0 Å². The third-order valence-corrected chi connectivity index (χ3v) is 4.82. The van der Waals surface area contributed by atoms with Crippen LogP contribution >= 0.6 is 0 Å². The number of nitrogens with zero attached hydrogens (tertiary/aromatic N) is 1. The maximum atomic E-state index is 3.53. The van der Waals surface area contributed by atoms with Crippen LogP contribution in [0.3, 0.4) is 0 Å². The Labute approximate surface area is 126 Å². The quantitative estimate of drug-likeness (QED) is 0.861. The van der Waals surface area contributed by atoms with Crippen LogP contribution < -0.4 is 10.2 Å². The van der Waals surface area contributed by atoms with Crippen LogP contribution in [-0.4, -0.2) is 13.1 Å². The molecule has 2 heteroatoms. The SMILES string of the molecule is c1ccc2c(c1)CCCN(c1cccc3c1CNCC3)C2. The molecule has 2 nitrogen and oxygen atoms in total. The lowest BCUT2D eigenvalue weighted by Crippen LogP contribution is -2.29. The van der Waals surface area contributed by atoms with Crippen LogP contribution in [0.25, 0.3) is 0 Å². The van der Waals surface area contributed by atoms with Gasteiger partial charge in [0, 0.05) is 25.3 Å². The number of nitrogens with one attached hydrogen (secondary N) is 1. The number of hydrogen-bond donors (Lipinski definition) is 1. The Morgan fingerprint density at radius 3 is 2.67 bits per heavy atom. The molecule has 0 aromatic heterocycles. The average molecular weight is 278 g/mol. The molecule has 0 radical (unpaired) electrons. The molecule has 4 rings (SSSR count). The summed E-state index contributed by atoms with van der Waals surface area (Å²) in [5.74, 6) is 0. The largest absolute Gasteiger partial charge is 0.367 e. The van der Waals surface area contributed by atoms with Crippen molar-refractivity contribution in [2.75, 3.05) is 18.0 Å². The minimum absolute atomic E-state index is 1.02. The fourth-order valence-corrected chi connectivity index (χ4v) is 3.70. The molecule has 0 aliphatic carbocycles. The molecular formula is C19H22N2. The van der Waals surface area contributed by atoms with Gasteiger partial charge in [-0.2, -0.15) is 0 Å². The zero-order chi connectivity index (χ0) is 14.1. The number of aryl methyl sites for hydroxylation is 1. The molecule has 0 saturated heterocycles. The Morgan fingerprint density at radius 1 is 0.857 bits per heavy atom. The molecule has 2 aromatic carbocycles. The lowest BCUT2D eigenvalue weighted by atomic mass is 9.98. The Balaban J connectivity index is 1.71. The van der Waals surface area contributed by atoms with Gasteiger partial charge >= 0.3 is 0 Å². The van der Waals surface area contributed by atoms with Crippen molar-refractivity contribution >= 4 is 5.69 Å². The highest BCUT2D eigenvalue weighted by molar-refractivity contribution is 5.58. The van der Waals surface area contributed by atoms with Crippen LogP contribution in [0.1, 0.15) is 28.7 Å². The van der Waals surface area contributed by atoms with Gasteiger partial charge in [-0.15, -0.1) is 0 Å². The minimum atomic E-state index is 1.02. The first-order valence-electron chi connectivity index (χ1n) is 8.05. The van der Waals surface area contributed by atoms with E-state index in [-0.39, 0.29) is 0 Å². The summed E-state index contributed by atoms with van der Waals surface area (Å²) in [6, 6.07) is 15.8. The molecule has 2 aromatic rings. The second-order valence-corrected chi connectivity index (χ2v) is 6.14. The van der Waals surface area contributed by atoms with E-state index in [2.05, 4.69) is 52.7 Å². The summed E-state index contributed by atoms with van der Waals surface area (Å²) in [7, 11) is 0. The van der Waals surface area contributed by atoms with Gasteiger partial charge in [-0.1, -0.05) is 36.4 Å². The standard InChI is InChI=1S/C19H22N2/c1-2-6-17-14-21(12-4-8-15(17)5-1)19-9-3-7-16-10-11-20-13-18(16)19/h1-3,5-7,9,20H,4,8,10-14H2. The summed E-state index contributed by atoms with van der Waals surface area (Å²) >= 11 is 0. The summed E-state index contributed by atoms with van der Waals surface area (Å²) in [5.41, 5.74) is 7.52. The molecule has 0 bridgehead atoms. The summed E-state index contributed by atoms with van der Waals surface area (Å²) in [4.78, 5) is 2.58. The van der Waals surface area contributed by atoms with Gasteiger partial charge in [0.05, 0.1) is 0 Å². The minimum Gasteiger partial charge on any atom is -0.367 e. The first-order chi connectivity index (χ1) is 10.4. The van der Waals surface area contributed by atoms with Gasteiger partial charge in [0.1, 0.15) is 0 Å². The Hall–Kier alpha value is -1.80. The van der Waals surface area contributed by atoms with E-state index in [0.29, 0.717) is 0 Å². The maximum absolute atomic E-state index is 3.53. The van der Waals surface area contributed by atoms with E-state index < -0.39 is 0 Å². The zero-order valence-electron chi connectivity index (χ0n) is 12.4. The fourth-order valence-electron chi connectivity index (χ4n) is 3.70. The van der Waals surface area contributed by atoms with E-state index in [0.717, 1.165) is 32.6 Å². The second-order valence-electron chi connectivity index (χ2n) is 6.14. The number of hydrogen-bond acceptors (Lipinski definition) is 2. The van der Waals surface area contributed by atoms with E-state index in [9.17, 15) is 0 Å². The molecule has 1 N–H and O–H groups in total. The van der Waals surface area contributed by atoms with Gasteiger partial charge in [-0.3, -0.25) is 0 Å². The number of fused-ring (bicyclic) bond motifs is 2. The van der Waals surface area contributed by atoms with Gasteiger partial charge in [-0.25, -0.2) is 0 Å². The molecule has 2 aliphatic rings. The third kappa shape index (κ3) is 2.44. The molecule has 2 aliphatic heterocycles. The molecule has 0 unspecified atom stereocenters. The van der Waals surface area contributed by atoms with Crippen LogP contribution in [0.5, 0.6) is 0 Å². The molecule has 2 heterocycles. The van der Waals surface area contributed by atoms with Crippen molar-refractivity contribution in [1.29, 1.82) is 0 Å². The normalized spacial score (nSPS) is 17.8. The Morgan fingerprint density at radius 2 is 1.71 bits per heavy atom. The lowest BCUT2D eigenvalue weighted by Gasteiger charge is -2.29. The average Bonchev–Trinajstić information content (AvgIpc) is 2.76. The van der Waals surface area contributed by atoms with E-state index in [4.69, 9.17) is 0 Å². The van der Waals surface area contributed by atoms with Gasteiger partial charge in [0.15, 0.2) is 0 Å². The summed E-state index contributed by atoms with van der Waals surface area (Å²) in [5, 5.41) is 3.53. The number of benzene rings is 2. The predicted octanol–water partition coefficient (Wildman–Crippen LogP) is 3.29. The lowest BCUT2D eigenvalue weighted by molar-refractivity contribution is 0.638. The highest BCUT2D eigenvalue weighted by Crippen LogP contribution is 2.30. The third-order valence-electron chi connectivity index (χ3n) is 4.82. The monoisotopic (exact) mass is 278 g/mol. The van der Waals surface area contributed by atoms with Gasteiger partial charge in [0.25, 0.3) is 0 Å². The maximum Gasteiger partial charge on any atom is 0.0432 e. The van der Waals surface area contributed by atoms with Crippen LogP contribution in [0.4, 0.5) is 5.69 Å². The molecule has 0 spiro atoms. The highest BCUT2D eigenvalue weighted by Gasteiger charge is 2.19. The molecule has 0 saturated carbocycles. The first kappa shape index (κ1) is 12.9. The van der Waals surface area contributed by atoms with E-state index >= 15 is 0 Å². The molecule has 108 valence electrons. The smallest absolute Gasteiger partial charge is 0.0432 e. The summed E-state index contributed by atoms with van der Waals surface area (Å²) in [6.45, 7) is 4.33. The van der Waals surface area contributed by atoms with E-state index in [1.807, 2.05) is 0 Å². The Kier molecular flexibility index (Phi) is 3.40. The van der Waals surface area contributed by atoms with Crippen molar-refractivity contribution in [3.05, 3.63) is 64.7 Å². The number of anilines is 1. The van der Waals surface area contributed by atoms with Crippen molar-refractivity contribution in [1.82, 2.24) is 5.32 Å². The van der Waals surface area contributed by atoms with Crippen molar-refractivity contribution in [2.24, 2.45) is 0 Å². The molecule has 0 amide bonds. The fraction of sp³-hybridized carbons (Fsp3) is 0.368. The highest BCUT2D eigenvalue weighted by atomic mass is 15.1. The number of rotatable bonds is 1. The predicted molar refractivity (Wildman–Crippen MR) is 87.7 cm³/mol. The topological polar surface area (TPSA) is 15.3 Å². The van der Waals surface area contributed by atoms with Crippen LogP contribution in [0, 0.1) is 0 Å². The van der Waals surface area contributed by atoms with E-state index in [1.165, 1.54) is 40.8 Å². The van der Waals surface area contributed by atoms with Crippen molar-refractivity contribution in [3.63, 3.8) is 0 Å². The second kappa shape index (κ2) is 5.53. The summed E-state index contributed by atoms with van der Waals surface area (Å²) in [6.07, 6.45) is 3.61. The van der Waals surface area contributed by atoms with Crippen molar-refractivity contribution in [2.45, 2.75) is 32.4 Å².